The molecule has 4 rings (SSSR count). The van der Waals surface area contributed by atoms with Crippen LogP contribution in [0.2, 0.25) is 0 Å². The monoisotopic (exact) mass is 404 g/mol. The molecule has 1 saturated carbocycles. The number of carbonyl (C=O) groups is 1. The minimum absolute atomic E-state index is 0.0394. The number of hydrogen-bond donors (Lipinski definition) is 1. The maximum Gasteiger partial charge on any atom is 0.235 e. The van der Waals surface area contributed by atoms with Gasteiger partial charge in [0.2, 0.25) is 5.91 Å². The van der Waals surface area contributed by atoms with Crippen LogP contribution in [0.1, 0.15) is 44.6 Å². The van der Waals surface area contributed by atoms with Crippen molar-refractivity contribution in [3.63, 3.8) is 0 Å². The highest BCUT2D eigenvalue weighted by Crippen LogP contribution is 2.43. The number of methoxy groups -OCH3 is 1. The van der Waals surface area contributed by atoms with E-state index in [1.807, 2.05) is 48.5 Å². The van der Waals surface area contributed by atoms with Gasteiger partial charge in [-0.1, -0.05) is 31.9 Å². The Morgan fingerprint density at radius 2 is 1.87 bits per heavy atom. The minimum atomic E-state index is -0.516. The summed E-state index contributed by atoms with van der Waals surface area (Å²) in [5.41, 5.74) is 2.07. The van der Waals surface area contributed by atoms with E-state index in [0.717, 1.165) is 65.8 Å². The predicted octanol–water partition coefficient (Wildman–Crippen LogP) is 5.48. The number of ether oxygens (including phenoxy) is 2. The summed E-state index contributed by atoms with van der Waals surface area (Å²) in [6.45, 7) is 2.71. The van der Waals surface area contributed by atoms with Gasteiger partial charge in [0.25, 0.3) is 0 Å². The Balaban J connectivity index is 1.67. The first-order valence-corrected chi connectivity index (χ1v) is 10.6. The Bertz CT molecular complexity index is 1020. The smallest absolute Gasteiger partial charge is 0.235 e. The molecule has 156 valence electrons. The Hall–Kier alpha value is -3.08. The highest BCUT2D eigenvalue weighted by Gasteiger charge is 2.42. The van der Waals surface area contributed by atoms with Crippen LogP contribution in [0.25, 0.3) is 10.9 Å². The van der Waals surface area contributed by atoms with Crippen LogP contribution in [0.3, 0.4) is 0 Å². The van der Waals surface area contributed by atoms with Crippen molar-refractivity contribution in [1.29, 1.82) is 0 Å². The molecule has 1 aliphatic carbocycles. The molecule has 1 amide bonds. The minimum Gasteiger partial charge on any atom is -0.497 e. The first-order chi connectivity index (χ1) is 14.7. The number of nitrogens with zero attached hydrogens (tertiary/aromatic N) is 1. The summed E-state index contributed by atoms with van der Waals surface area (Å²) in [4.78, 5) is 18.1. The number of benzene rings is 2. The van der Waals surface area contributed by atoms with Crippen LogP contribution in [0.15, 0.2) is 54.7 Å². The van der Waals surface area contributed by atoms with Crippen LogP contribution in [-0.4, -0.2) is 24.6 Å². The summed E-state index contributed by atoms with van der Waals surface area (Å²) < 4.78 is 11.1. The lowest BCUT2D eigenvalue weighted by Crippen LogP contribution is -2.38. The van der Waals surface area contributed by atoms with Gasteiger partial charge in [0.15, 0.2) is 0 Å². The van der Waals surface area contributed by atoms with Crippen molar-refractivity contribution in [1.82, 2.24) is 4.98 Å². The topological polar surface area (TPSA) is 60.5 Å². The van der Waals surface area contributed by atoms with Crippen LogP contribution in [0.4, 0.5) is 5.69 Å². The fourth-order valence-electron chi connectivity index (χ4n) is 4.36. The number of aromatic nitrogens is 1. The van der Waals surface area contributed by atoms with Gasteiger partial charge >= 0.3 is 0 Å². The van der Waals surface area contributed by atoms with Crippen LogP contribution in [-0.2, 0) is 10.2 Å². The molecule has 5 heteroatoms. The highest BCUT2D eigenvalue weighted by molar-refractivity contribution is 6.06. The molecule has 0 spiro atoms. The van der Waals surface area contributed by atoms with Gasteiger partial charge in [-0.3, -0.25) is 9.78 Å². The average Bonchev–Trinajstić information content (AvgIpc) is 3.30. The van der Waals surface area contributed by atoms with E-state index in [1.165, 1.54) is 0 Å². The maximum absolute atomic E-state index is 13.6. The van der Waals surface area contributed by atoms with Crippen LogP contribution >= 0.6 is 0 Å². The van der Waals surface area contributed by atoms with Gasteiger partial charge in [-0.05, 0) is 61.2 Å². The van der Waals surface area contributed by atoms with Crippen molar-refractivity contribution in [2.45, 2.75) is 44.4 Å². The third-order valence-corrected chi connectivity index (χ3v) is 5.98. The molecule has 0 unspecified atom stereocenters. The van der Waals surface area contributed by atoms with Crippen molar-refractivity contribution in [2.24, 2.45) is 0 Å². The second kappa shape index (κ2) is 8.74. The largest absolute Gasteiger partial charge is 0.497 e. The molecule has 1 heterocycles. The molecule has 0 aliphatic heterocycles. The van der Waals surface area contributed by atoms with Crippen molar-refractivity contribution in [2.75, 3.05) is 19.0 Å². The quantitative estimate of drug-likeness (QED) is 0.566. The van der Waals surface area contributed by atoms with E-state index < -0.39 is 5.41 Å². The zero-order chi connectivity index (χ0) is 21.0. The van der Waals surface area contributed by atoms with Crippen LogP contribution in [0.5, 0.6) is 11.5 Å². The Kier molecular flexibility index (Phi) is 5.88. The van der Waals surface area contributed by atoms with Gasteiger partial charge < -0.3 is 14.8 Å². The van der Waals surface area contributed by atoms with Crippen LogP contribution in [0, 0.1) is 0 Å². The van der Waals surface area contributed by atoms with E-state index in [0.29, 0.717) is 6.61 Å². The SMILES string of the molecule is CCCOc1ccc(NC(=O)C2(c3ccc(OC)cc3)CCCC2)c2cccnc12. The molecule has 2 aromatic carbocycles. The molecular formula is C25H28N2O3. The van der Waals surface area contributed by atoms with Crippen molar-refractivity contribution < 1.29 is 14.3 Å². The zero-order valence-corrected chi connectivity index (χ0v) is 17.6. The number of rotatable bonds is 7. The number of amides is 1. The van der Waals surface area contributed by atoms with Gasteiger partial charge in [0, 0.05) is 11.6 Å². The number of nitrogens with one attached hydrogen (secondary N) is 1. The highest BCUT2D eigenvalue weighted by atomic mass is 16.5. The summed E-state index contributed by atoms with van der Waals surface area (Å²) in [6.07, 6.45) is 6.47. The van der Waals surface area contributed by atoms with E-state index in [-0.39, 0.29) is 5.91 Å². The zero-order valence-electron chi connectivity index (χ0n) is 17.6. The summed E-state index contributed by atoms with van der Waals surface area (Å²) in [6, 6.07) is 15.6. The molecule has 0 bridgehead atoms. The number of anilines is 1. The number of pyridine rings is 1. The number of carbonyl (C=O) groups excluding carboxylic acids is 1. The maximum atomic E-state index is 13.6. The van der Waals surface area contributed by atoms with Gasteiger partial charge in [0.05, 0.1) is 24.8 Å². The first kappa shape index (κ1) is 20.2. The van der Waals surface area contributed by atoms with Crippen LogP contribution < -0.4 is 14.8 Å². The van der Waals surface area contributed by atoms with E-state index in [2.05, 4.69) is 17.2 Å². The average molecular weight is 405 g/mol. The van der Waals surface area contributed by atoms with Crippen molar-refractivity contribution in [3.05, 3.63) is 60.3 Å². The lowest BCUT2D eigenvalue weighted by molar-refractivity contribution is -0.121. The van der Waals surface area contributed by atoms with E-state index >= 15 is 0 Å². The van der Waals surface area contributed by atoms with E-state index in [1.54, 1.807) is 13.3 Å². The molecule has 0 saturated heterocycles. The van der Waals surface area contributed by atoms with E-state index in [9.17, 15) is 4.79 Å². The van der Waals surface area contributed by atoms with Crippen molar-refractivity contribution in [3.8, 4) is 11.5 Å². The summed E-state index contributed by atoms with van der Waals surface area (Å²) in [5, 5.41) is 4.10. The third kappa shape index (κ3) is 3.72. The Labute approximate surface area is 177 Å². The molecule has 3 aromatic rings. The second-order valence-electron chi connectivity index (χ2n) is 7.83. The lowest BCUT2D eigenvalue weighted by atomic mass is 9.78. The number of hydrogen-bond acceptors (Lipinski definition) is 4. The molecule has 30 heavy (non-hydrogen) atoms. The first-order valence-electron chi connectivity index (χ1n) is 10.6. The third-order valence-electron chi connectivity index (χ3n) is 5.98. The molecule has 1 aromatic heterocycles. The van der Waals surface area contributed by atoms with Gasteiger partial charge in [-0.2, -0.15) is 0 Å². The van der Waals surface area contributed by atoms with Gasteiger partial charge in [-0.15, -0.1) is 0 Å². The molecule has 0 atom stereocenters. The number of fused-ring (bicyclic) bond motifs is 1. The lowest BCUT2D eigenvalue weighted by Gasteiger charge is -2.29. The molecule has 1 fully saturated rings. The standard InChI is InChI=1S/C25H28N2O3/c1-3-17-30-22-13-12-21(20-7-6-16-26-23(20)22)27-24(28)25(14-4-5-15-25)18-8-10-19(29-2)11-9-18/h6-13,16H,3-5,14-15,17H2,1-2H3,(H,27,28). The second-order valence-corrected chi connectivity index (χ2v) is 7.83. The summed E-state index contributed by atoms with van der Waals surface area (Å²) >= 11 is 0. The van der Waals surface area contributed by atoms with Gasteiger partial charge in [0.1, 0.15) is 17.0 Å². The summed E-state index contributed by atoms with van der Waals surface area (Å²) in [7, 11) is 1.65. The molecule has 0 radical (unpaired) electrons. The van der Waals surface area contributed by atoms with E-state index in [4.69, 9.17) is 9.47 Å². The van der Waals surface area contributed by atoms with Gasteiger partial charge in [-0.25, -0.2) is 0 Å². The predicted molar refractivity (Wildman–Crippen MR) is 119 cm³/mol. The molecule has 1 aliphatic rings. The molecule has 5 nitrogen and oxygen atoms in total. The molecular weight excluding hydrogens is 376 g/mol. The Morgan fingerprint density at radius 3 is 2.57 bits per heavy atom. The normalized spacial score (nSPS) is 15.1. The molecule has 1 N–H and O–H groups in total. The fraction of sp³-hybridized carbons (Fsp3) is 0.360. The fourth-order valence-corrected chi connectivity index (χ4v) is 4.36. The van der Waals surface area contributed by atoms with Crippen molar-refractivity contribution >= 4 is 22.5 Å². The Morgan fingerprint density at radius 1 is 1.10 bits per heavy atom. The summed E-state index contributed by atoms with van der Waals surface area (Å²) in [5.74, 6) is 1.58.